The SMILES string of the molecule is C=C(CNC)COCC1CCCC1. The minimum atomic E-state index is 0.720. The molecule has 0 bridgehead atoms. The highest BCUT2D eigenvalue weighted by atomic mass is 16.5. The molecule has 0 aromatic heterocycles. The van der Waals surface area contributed by atoms with Gasteiger partial charge in [-0.3, -0.25) is 0 Å². The van der Waals surface area contributed by atoms with Gasteiger partial charge in [-0.1, -0.05) is 19.4 Å². The monoisotopic (exact) mass is 183 g/mol. The predicted octanol–water partition coefficient (Wildman–Crippen LogP) is 1.97. The molecule has 1 N–H and O–H groups in total. The lowest BCUT2D eigenvalue weighted by Crippen LogP contribution is -2.15. The Morgan fingerprint density at radius 1 is 1.46 bits per heavy atom. The van der Waals surface area contributed by atoms with E-state index in [0.29, 0.717) is 0 Å². The van der Waals surface area contributed by atoms with E-state index in [1.807, 2.05) is 7.05 Å². The molecule has 0 atom stereocenters. The Balaban J connectivity index is 1.96. The normalized spacial score (nSPS) is 17.9. The molecular formula is C11H21NO. The Morgan fingerprint density at radius 3 is 2.77 bits per heavy atom. The summed E-state index contributed by atoms with van der Waals surface area (Å²) in [6.45, 7) is 6.44. The molecule has 0 unspecified atom stereocenters. The van der Waals surface area contributed by atoms with Gasteiger partial charge >= 0.3 is 0 Å². The van der Waals surface area contributed by atoms with Gasteiger partial charge in [-0.25, -0.2) is 0 Å². The fraction of sp³-hybridized carbons (Fsp3) is 0.818. The molecule has 13 heavy (non-hydrogen) atoms. The second-order valence-electron chi connectivity index (χ2n) is 3.95. The first kappa shape index (κ1) is 10.7. The van der Waals surface area contributed by atoms with Gasteiger partial charge < -0.3 is 10.1 Å². The fourth-order valence-corrected chi connectivity index (χ4v) is 1.85. The highest BCUT2D eigenvalue weighted by Crippen LogP contribution is 2.24. The quantitative estimate of drug-likeness (QED) is 0.636. The molecule has 1 saturated carbocycles. The van der Waals surface area contributed by atoms with Gasteiger partial charge in [0.25, 0.3) is 0 Å². The summed E-state index contributed by atoms with van der Waals surface area (Å²) < 4.78 is 5.59. The van der Waals surface area contributed by atoms with Crippen molar-refractivity contribution in [2.24, 2.45) is 5.92 Å². The van der Waals surface area contributed by atoms with Crippen LogP contribution in [0.4, 0.5) is 0 Å². The van der Waals surface area contributed by atoms with Gasteiger partial charge in [0.05, 0.1) is 6.61 Å². The van der Waals surface area contributed by atoms with Crippen LogP contribution in [-0.2, 0) is 4.74 Å². The molecule has 1 aliphatic carbocycles. The van der Waals surface area contributed by atoms with E-state index in [1.165, 1.54) is 25.7 Å². The summed E-state index contributed by atoms with van der Waals surface area (Å²) >= 11 is 0. The van der Waals surface area contributed by atoms with Crippen molar-refractivity contribution in [3.8, 4) is 0 Å². The van der Waals surface area contributed by atoms with Gasteiger partial charge in [0, 0.05) is 13.2 Å². The van der Waals surface area contributed by atoms with Gasteiger partial charge in [-0.2, -0.15) is 0 Å². The Morgan fingerprint density at radius 2 is 2.15 bits per heavy atom. The fourth-order valence-electron chi connectivity index (χ4n) is 1.85. The zero-order valence-electron chi connectivity index (χ0n) is 8.64. The molecule has 1 rings (SSSR count). The molecule has 2 nitrogen and oxygen atoms in total. The van der Waals surface area contributed by atoms with Crippen molar-refractivity contribution in [2.75, 3.05) is 26.8 Å². The van der Waals surface area contributed by atoms with E-state index in [0.717, 1.165) is 31.2 Å². The molecule has 0 aromatic rings. The minimum absolute atomic E-state index is 0.720. The van der Waals surface area contributed by atoms with E-state index in [2.05, 4.69) is 11.9 Å². The molecule has 1 fully saturated rings. The van der Waals surface area contributed by atoms with Crippen molar-refractivity contribution in [3.63, 3.8) is 0 Å². The van der Waals surface area contributed by atoms with Gasteiger partial charge in [0.15, 0.2) is 0 Å². The van der Waals surface area contributed by atoms with E-state index >= 15 is 0 Å². The van der Waals surface area contributed by atoms with Crippen molar-refractivity contribution in [2.45, 2.75) is 25.7 Å². The first-order chi connectivity index (χ1) is 6.33. The van der Waals surface area contributed by atoms with E-state index in [4.69, 9.17) is 4.74 Å². The third-order valence-corrected chi connectivity index (χ3v) is 2.56. The van der Waals surface area contributed by atoms with E-state index < -0.39 is 0 Å². The summed E-state index contributed by atoms with van der Waals surface area (Å²) in [4.78, 5) is 0. The molecule has 1 aliphatic rings. The zero-order chi connectivity index (χ0) is 9.52. The van der Waals surface area contributed by atoms with Crippen molar-refractivity contribution in [1.29, 1.82) is 0 Å². The number of hydrogen-bond donors (Lipinski definition) is 1. The van der Waals surface area contributed by atoms with Gasteiger partial charge in [-0.15, -0.1) is 0 Å². The first-order valence-electron chi connectivity index (χ1n) is 5.22. The van der Waals surface area contributed by atoms with Crippen molar-refractivity contribution in [3.05, 3.63) is 12.2 Å². The summed E-state index contributed by atoms with van der Waals surface area (Å²) in [6.07, 6.45) is 5.51. The number of rotatable bonds is 6. The van der Waals surface area contributed by atoms with Crippen LogP contribution in [0.3, 0.4) is 0 Å². The van der Waals surface area contributed by atoms with Crippen LogP contribution in [0.15, 0.2) is 12.2 Å². The maximum absolute atomic E-state index is 5.59. The summed E-state index contributed by atoms with van der Waals surface area (Å²) in [5.74, 6) is 0.822. The summed E-state index contributed by atoms with van der Waals surface area (Å²) in [5.41, 5.74) is 1.14. The van der Waals surface area contributed by atoms with Crippen LogP contribution in [-0.4, -0.2) is 26.8 Å². The maximum atomic E-state index is 5.59. The van der Waals surface area contributed by atoms with Crippen LogP contribution < -0.4 is 5.32 Å². The van der Waals surface area contributed by atoms with E-state index in [9.17, 15) is 0 Å². The standard InChI is InChI=1S/C11H21NO/c1-10(7-12-2)8-13-9-11-5-3-4-6-11/h11-12H,1,3-9H2,2H3. The van der Waals surface area contributed by atoms with Crippen LogP contribution in [0.2, 0.25) is 0 Å². The lowest BCUT2D eigenvalue weighted by atomic mass is 10.1. The molecule has 0 aliphatic heterocycles. The molecule has 0 spiro atoms. The summed E-state index contributed by atoms with van der Waals surface area (Å²) in [7, 11) is 1.93. The number of hydrogen-bond acceptors (Lipinski definition) is 2. The van der Waals surface area contributed by atoms with E-state index in [1.54, 1.807) is 0 Å². The number of ether oxygens (including phenoxy) is 1. The average Bonchev–Trinajstić information content (AvgIpc) is 2.57. The van der Waals surface area contributed by atoms with Crippen LogP contribution in [0.5, 0.6) is 0 Å². The van der Waals surface area contributed by atoms with Crippen LogP contribution in [0, 0.1) is 5.92 Å². The largest absolute Gasteiger partial charge is 0.377 e. The van der Waals surface area contributed by atoms with Crippen molar-refractivity contribution < 1.29 is 4.74 Å². The van der Waals surface area contributed by atoms with E-state index in [-0.39, 0.29) is 0 Å². The highest BCUT2D eigenvalue weighted by Gasteiger charge is 2.14. The van der Waals surface area contributed by atoms with Gasteiger partial charge in [0.2, 0.25) is 0 Å². The van der Waals surface area contributed by atoms with Gasteiger partial charge in [-0.05, 0) is 31.4 Å². The molecule has 0 aromatic carbocycles. The molecule has 0 amide bonds. The Hall–Kier alpha value is -0.340. The second kappa shape index (κ2) is 6.17. The van der Waals surface area contributed by atoms with Crippen molar-refractivity contribution in [1.82, 2.24) is 5.32 Å². The molecule has 76 valence electrons. The molecule has 0 radical (unpaired) electrons. The first-order valence-corrected chi connectivity index (χ1v) is 5.22. The van der Waals surface area contributed by atoms with Crippen LogP contribution in [0.1, 0.15) is 25.7 Å². The third kappa shape index (κ3) is 4.44. The Kier molecular flexibility index (Phi) is 5.09. The minimum Gasteiger partial charge on any atom is -0.377 e. The summed E-state index contributed by atoms with van der Waals surface area (Å²) in [5, 5.41) is 3.07. The maximum Gasteiger partial charge on any atom is 0.0686 e. The Bertz CT molecular complexity index is 150. The molecule has 0 saturated heterocycles. The topological polar surface area (TPSA) is 21.3 Å². The van der Waals surface area contributed by atoms with Gasteiger partial charge in [0.1, 0.15) is 0 Å². The lowest BCUT2D eigenvalue weighted by Gasteiger charge is -2.10. The number of likely N-dealkylation sites (N-methyl/N-ethyl adjacent to an activating group) is 1. The average molecular weight is 183 g/mol. The van der Waals surface area contributed by atoms with Crippen molar-refractivity contribution >= 4 is 0 Å². The molecular weight excluding hydrogens is 162 g/mol. The lowest BCUT2D eigenvalue weighted by molar-refractivity contribution is 0.119. The molecule has 2 heteroatoms. The highest BCUT2D eigenvalue weighted by molar-refractivity contribution is 4.96. The second-order valence-corrected chi connectivity index (χ2v) is 3.95. The molecule has 0 heterocycles. The third-order valence-electron chi connectivity index (χ3n) is 2.56. The Labute approximate surface area is 81.4 Å². The van der Waals surface area contributed by atoms with Crippen LogP contribution >= 0.6 is 0 Å². The summed E-state index contributed by atoms with van der Waals surface area (Å²) in [6, 6.07) is 0. The predicted molar refractivity (Wildman–Crippen MR) is 55.8 cm³/mol. The zero-order valence-corrected chi connectivity index (χ0v) is 8.64. The smallest absolute Gasteiger partial charge is 0.0686 e. The number of nitrogens with one attached hydrogen (secondary N) is 1. The van der Waals surface area contributed by atoms with Crippen LogP contribution in [0.25, 0.3) is 0 Å².